The van der Waals surface area contributed by atoms with Crippen LogP contribution in [0.15, 0.2) is 22.7 Å². The van der Waals surface area contributed by atoms with E-state index < -0.39 is 39.8 Å². The summed E-state index contributed by atoms with van der Waals surface area (Å²) in [4.78, 5) is 0. The Hall–Kier alpha value is -1.00. The third-order valence-corrected chi connectivity index (χ3v) is 3.10. The quantitative estimate of drug-likeness (QED) is 0.533. The topological polar surface area (TPSA) is 0 Å². The number of alkyl halides is 10. The number of benzene rings is 1. The number of rotatable bonds is 1. The van der Waals surface area contributed by atoms with Crippen LogP contribution >= 0.6 is 15.9 Å². The Labute approximate surface area is 118 Å². The van der Waals surface area contributed by atoms with Crippen molar-refractivity contribution in [2.75, 3.05) is 0 Å². The van der Waals surface area contributed by atoms with E-state index in [0.717, 1.165) is 0 Å². The molecule has 0 aromatic heterocycles. The zero-order chi connectivity index (χ0) is 16.9. The van der Waals surface area contributed by atoms with Crippen LogP contribution in [0.3, 0.4) is 0 Å². The molecule has 0 atom stereocenters. The van der Waals surface area contributed by atoms with Crippen LogP contribution in [-0.4, -0.2) is 12.4 Å². The first-order valence-electron chi connectivity index (χ1n) is 4.82. The van der Waals surface area contributed by atoms with E-state index in [1.165, 1.54) is 0 Å². The molecular weight excluding hydrogens is 390 g/mol. The van der Waals surface area contributed by atoms with Gasteiger partial charge in [-0.1, -0.05) is 22.0 Å². The van der Waals surface area contributed by atoms with Gasteiger partial charge in [-0.15, -0.1) is 0 Å². The van der Waals surface area contributed by atoms with Crippen LogP contribution < -0.4 is 0 Å². The van der Waals surface area contributed by atoms with Crippen LogP contribution in [0.4, 0.5) is 43.9 Å². The highest BCUT2D eigenvalue weighted by molar-refractivity contribution is 9.10. The lowest BCUT2D eigenvalue weighted by Crippen LogP contribution is -2.50. The zero-order valence-corrected chi connectivity index (χ0v) is 11.0. The maximum Gasteiger partial charge on any atom is 0.435 e. The summed E-state index contributed by atoms with van der Waals surface area (Å²) in [5.41, 5.74) is -9.32. The predicted molar refractivity (Wildman–Crippen MR) is 54.0 cm³/mol. The van der Waals surface area contributed by atoms with Gasteiger partial charge in [0.15, 0.2) is 0 Å². The predicted octanol–water partition coefficient (Wildman–Crippen LogP) is 5.76. The van der Waals surface area contributed by atoms with Gasteiger partial charge in [0, 0.05) is 10.0 Å². The van der Waals surface area contributed by atoms with E-state index in [9.17, 15) is 43.9 Å². The lowest BCUT2D eigenvalue weighted by molar-refractivity contribution is -0.348. The normalized spacial score (nSPS) is 14.4. The van der Waals surface area contributed by atoms with Gasteiger partial charge in [-0.05, 0) is 12.1 Å². The van der Waals surface area contributed by atoms with E-state index in [1.807, 2.05) is 0 Å². The highest BCUT2D eigenvalue weighted by Gasteiger charge is 2.74. The summed E-state index contributed by atoms with van der Waals surface area (Å²) in [6.07, 6.45) is -17.8. The van der Waals surface area contributed by atoms with Gasteiger partial charge >= 0.3 is 24.2 Å². The second kappa shape index (κ2) is 5.03. The molecule has 0 aliphatic carbocycles. The van der Waals surface area contributed by atoms with Crippen molar-refractivity contribution in [1.29, 1.82) is 0 Å². The molecule has 0 spiro atoms. The van der Waals surface area contributed by atoms with Crippen molar-refractivity contribution in [3.8, 4) is 0 Å². The molecule has 0 unspecified atom stereocenters. The second-order valence-corrected chi connectivity index (χ2v) is 4.70. The molecule has 0 radical (unpaired) electrons. The second-order valence-electron chi connectivity index (χ2n) is 3.85. The van der Waals surface area contributed by atoms with Gasteiger partial charge in [-0.2, -0.15) is 39.5 Å². The maximum atomic E-state index is 13.7. The largest absolute Gasteiger partial charge is 0.435 e. The maximum absolute atomic E-state index is 13.7. The molecule has 1 rings (SSSR count). The van der Waals surface area contributed by atoms with Crippen LogP contribution in [0, 0.1) is 0 Å². The van der Waals surface area contributed by atoms with Crippen LogP contribution in [0.2, 0.25) is 0 Å². The standard InChI is InChI=1S/C10H3BrF10/c11-6-3-4(8(13,14)15)1-2-5(6)7(12,9(16,17)18)10(19,20)21/h1-3H. The summed E-state index contributed by atoms with van der Waals surface area (Å²) in [5, 5.41) is 0. The Kier molecular flexibility index (Phi) is 4.32. The van der Waals surface area contributed by atoms with Gasteiger partial charge in [0.2, 0.25) is 0 Å². The van der Waals surface area contributed by atoms with Crippen molar-refractivity contribution in [2.45, 2.75) is 24.2 Å². The van der Waals surface area contributed by atoms with E-state index in [0.29, 0.717) is 0 Å². The van der Waals surface area contributed by atoms with E-state index in [1.54, 1.807) is 0 Å². The third kappa shape index (κ3) is 3.11. The first-order valence-corrected chi connectivity index (χ1v) is 5.61. The Balaban J connectivity index is 3.57. The highest BCUT2D eigenvalue weighted by atomic mass is 79.9. The molecule has 0 amide bonds. The number of hydrogen-bond donors (Lipinski definition) is 0. The molecule has 0 aliphatic rings. The summed E-state index contributed by atoms with van der Waals surface area (Å²) < 4.78 is 124. The molecule has 11 heteroatoms. The first kappa shape index (κ1) is 18.1. The molecule has 0 aliphatic heterocycles. The molecule has 0 fully saturated rings. The molecule has 0 saturated carbocycles. The van der Waals surface area contributed by atoms with Crippen LogP contribution in [0.5, 0.6) is 0 Å². The summed E-state index contributed by atoms with van der Waals surface area (Å²) >= 11 is 2.12. The van der Waals surface area contributed by atoms with E-state index >= 15 is 0 Å². The third-order valence-electron chi connectivity index (χ3n) is 2.45. The molecular formula is C10H3BrF10. The monoisotopic (exact) mass is 392 g/mol. The van der Waals surface area contributed by atoms with Crippen molar-refractivity contribution in [1.82, 2.24) is 0 Å². The fraction of sp³-hybridized carbons (Fsp3) is 0.400. The average Bonchev–Trinajstić information content (AvgIpc) is 2.23. The minimum Gasteiger partial charge on any atom is -0.218 e. The van der Waals surface area contributed by atoms with Crippen molar-refractivity contribution in [3.63, 3.8) is 0 Å². The lowest BCUT2D eigenvalue weighted by atomic mass is 9.93. The fourth-order valence-electron chi connectivity index (χ4n) is 1.44. The number of halogens is 11. The van der Waals surface area contributed by atoms with Gasteiger partial charge < -0.3 is 0 Å². The Morgan fingerprint density at radius 3 is 1.43 bits per heavy atom. The molecule has 1 aromatic rings. The van der Waals surface area contributed by atoms with Gasteiger partial charge in [-0.3, -0.25) is 0 Å². The van der Waals surface area contributed by atoms with Crippen molar-refractivity contribution in [2.24, 2.45) is 0 Å². The van der Waals surface area contributed by atoms with Gasteiger partial charge in [0.1, 0.15) is 0 Å². The van der Waals surface area contributed by atoms with Crippen molar-refractivity contribution >= 4 is 15.9 Å². The highest BCUT2D eigenvalue weighted by Crippen LogP contribution is 2.55. The Morgan fingerprint density at radius 2 is 1.14 bits per heavy atom. The van der Waals surface area contributed by atoms with E-state index in [2.05, 4.69) is 15.9 Å². The lowest BCUT2D eigenvalue weighted by Gasteiger charge is -2.31. The van der Waals surface area contributed by atoms with Crippen molar-refractivity contribution in [3.05, 3.63) is 33.8 Å². The first-order chi connectivity index (χ1) is 9.12. The summed E-state index contributed by atoms with van der Waals surface area (Å²) in [7, 11) is 0. The Bertz CT molecular complexity index is 510. The van der Waals surface area contributed by atoms with Gasteiger partial charge in [-0.25, -0.2) is 4.39 Å². The molecule has 21 heavy (non-hydrogen) atoms. The van der Waals surface area contributed by atoms with Gasteiger partial charge in [0.05, 0.1) is 5.56 Å². The molecule has 0 N–H and O–H groups in total. The molecule has 0 nitrogen and oxygen atoms in total. The van der Waals surface area contributed by atoms with Crippen molar-refractivity contribution < 1.29 is 43.9 Å². The number of hydrogen-bond acceptors (Lipinski definition) is 0. The molecule has 0 bridgehead atoms. The van der Waals surface area contributed by atoms with Crippen LogP contribution in [0.1, 0.15) is 11.1 Å². The molecule has 120 valence electrons. The zero-order valence-electron chi connectivity index (χ0n) is 9.39. The van der Waals surface area contributed by atoms with Crippen LogP contribution in [-0.2, 0) is 11.8 Å². The molecule has 0 heterocycles. The summed E-state index contributed by atoms with van der Waals surface area (Å²) in [5.74, 6) is 0. The minimum absolute atomic E-state index is 0.0544. The molecule has 1 aromatic carbocycles. The smallest absolute Gasteiger partial charge is 0.218 e. The summed E-state index contributed by atoms with van der Waals surface area (Å²) in [6, 6.07) is -0.319. The van der Waals surface area contributed by atoms with Gasteiger partial charge in [0.25, 0.3) is 0 Å². The average molecular weight is 393 g/mol. The summed E-state index contributed by atoms with van der Waals surface area (Å²) in [6.45, 7) is 0. The minimum atomic E-state index is -6.40. The fourth-order valence-corrected chi connectivity index (χ4v) is 2.09. The Morgan fingerprint density at radius 1 is 0.714 bits per heavy atom. The van der Waals surface area contributed by atoms with E-state index in [-0.39, 0.29) is 18.2 Å². The van der Waals surface area contributed by atoms with Crippen LogP contribution in [0.25, 0.3) is 0 Å². The SMILES string of the molecule is FC(F)(F)c1ccc(C(F)(C(F)(F)F)C(F)(F)F)c(Br)c1. The van der Waals surface area contributed by atoms with E-state index in [4.69, 9.17) is 0 Å². The molecule has 0 saturated heterocycles.